The Morgan fingerprint density at radius 2 is 2.13 bits per heavy atom. The van der Waals surface area contributed by atoms with Crippen molar-refractivity contribution in [3.8, 4) is 5.75 Å². The highest BCUT2D eigenvalue weighted by molar-refractivity contribution is 7.10. The SMILES string of the molecule is CCNCC1CC(=O)N(c2cccc(O[C@@H](CCNC)c3cccs3)c2)CCN1C. The molecule has 1 aliphatic heterocycles. The van der Waals surface area contributed by atoms with Crippen LogP contribution in [0.4, 0.5) is 5.69 Å². The monoisotopic (exact) mass is 430 g/mol. The molecule has 0 bridgehead atoms. The maximum absolute atomic E-state index is 13.0. The third-order valence-electron chi connectivity index (χ3n) is 5.57. The summed E-state index contributed by atoms with van der Waals surface area (Å²) in [6, 6.07) is 12.4. The first-order valence-corrected chi connectivity index (χ1v) is 11.7. The number of benzene rings is 1. The van der Waals surface area contributed by atoms with Crippen molar-refractivity contribution >= 4 is 22.9 Å². The molecule has 1 fully saturated rings. The Hall–Kier alpha value is -1.93. The van der Waals surface area contributed by atoms with E-state index in [2.05, 4.69) is 47.0 Å². The van der Waals surface area contributed by atoms with E-state index in [1.54, 1.807) is 11.3 Å². The van der Waals surface area contributed by atoms with Crippen molar-refractivity contribution < 1.29 is 9.53 Å². The van der Waals surface area contributed by atoms with Gasteiger partial charge in [-0.05, 0) is 50.8 Å². The molecule has 0 spiro atoms. The van der Waals surface area contributed by atoms with E-state index in [0.717, 1.165) is 44.0 Å². The number of anilines is 1. The van der Waals surface area contributed by atoms with Crippen LogP contribution < -0.4 is 20.3 Å². The van der Waals surface area contributed by atoms with E-state index in [0.29, 0.717) is 13.0 Å². The van der Waals surface area contributed by atoms with Crippen LogP contribution in [0.2, 0.25) is 0 Å². The lowest BCUT2D eigenvalue weighted by Gasteiger charge is -2.24. The van der Waals surface area contributed by atoms with Crippen LogP contribution in [0.1, 0.15) is 30.7 Å². The van der Waals surface area contributed by atoms with Gasteiger partial charge in [0.2, 0.25) is 5.91 Å². The lowest BCUT2D eigenvalue weighted by Crippen LogP contribution is -2.40. The zero-order valence-electron chi connectivity index (χ0n) is 18.3. The van der Waals surface area contributed by atoms with Gasteiger partial charge in [-0.2, -0.15) is 0 Å². The lowest BCUT2D eigenvalue weighted by atomic mass is 10.1. The maximum Gasteiger partial charge on any atom is 0.228 e. The molecule has 1 unspecified atom stereocenters. The molecule has 1 aromatic carbocycles. The van der Waals surface area contributed by atoms with Crippen LogP contribution in [-0.2, 0) is 4.79 Å². The van der Waals surface area contributed by atoms with Gasteiger partial charge in [0.1, 0.15) is 11.9 Å². The number of nitrogens with zero attached hydrogens (tertiary/aromatic N) is 2. The molecule has 1 aliphatic rings. The molecule has 30 heavy (non-hydrogen) atoms. The van der Waals surface area contributed by atoms with Gasteiger partial charge < -0.3 is 20.3 Å². The van der Waals surface area contributed by atoms with Crippen LogP contribution in [0.3, 0.4) is 0 Å². The smallest absolute Gasteiger partial charge is 0.228 e. The summed E-state index contributed by atoms with van der Waals surface area (Å²) in [4.78, 5) is 18.4. The van der Waals surface area contributed by atoms with Gasteiger partial charge in [-0.3, -0.25) is 9.69 Å². The number of rotatable bonds is 10. The van der Waals surface area contributed by atoms with Gasteiger partial charge in [-0.15, -0.1) is 11.3 Å². The topological polar surface area (TPSA) is 56.8 Å². The van der Waals surface area contributed by atoms with E-state index in [-0.39, 0.29) is 18.1 Å². The molecule has 1 aromatic heterocycles. The number of hydrogen-bond acceptors (Lipinski definition) is 6. The van der Waals surface area contributed by atoms with E-state index < -0.39 is 0 Å². The lowest BCUT2D eigenvalue weighted by molar-refractivity contribution is -0.119. The summed E-state index contributed by atoms with van der Waals surface area (Å²) in [5, 5.41) is 8.66. The standard InChI is InChI=1S/C23H34N4O2S/c1-4-25-17-19-16-23(28)27(13-12-26(19)3)18-7-5-8-20(15-18)29-21(10-11-24-2)22-9-6-14-30-22/h5-9,14-15,19,21,24-25H,4,10-13,16-17H2,1-3H3/t19?,21-/m0/s1. The first-order valence-electron chi connectivity index (χ1n) is 10.8. The number of carbonyl (C=O) groups excluding carboxylic acids is 1. The fraction of sp³-hybridized carbons (Fsp3) is 0.522. The number of carbonyl (C=O) groups is 1. The zero-order valence-corrected chi connectivity index (χ0v) is 19.1. The highest BCUT2D eigenvalue weighted by Gasteiger charge is 2.27. The third-order valence-corrected chi connectivity index (χ3v) is 6.53. The minimum Gasteiger partial charge on any atom is -0.485 e. The van der Waals surface area contributed by atoms with Crippen molar-refractivity contribution in [2.75, 3.05) is 51.7 Å². The Labute approximate surface area is 184 Å². The van der Waals surface area contributed by atoms with E-state index in [1.165, 1.54) is 4.88 Å². The van der Waals surface area contributed by atoms with E-state index in [1.807, 2.05) is 36.2 Å². The molecule has 2 heterocycles. The summed E-state index contributed by atoms with van der Waals surface area (Å²) in [5.74, 6) is 0.973. The van der Waals surface area contributed by atoms with Gasteiger partial charge in [0, 0.05) is 55.1 Å². The average molecular weight is 431 g/mol. The molecule has 7 heteroatoms. The van der Waals surface area contributed by atoms with Crippen LogP contribution in [0, 0.1) is 0 Å². The summed E-state index contributed by atoms with van der Waals surface area (Å²) >= 11 is 1.71. The second-order valence-electron chi connectivity index (χ2n) is 7.70. The fourth-order valence-corrected chi connectivity index (χ4v) is 4.53. The Balaban J connectivity index is 1.73. The van der Waals surface area contributed by atoms with E-state index in [4.69, 9.17) is 4.74 Å². The molecule has 1 amide bonds. The quantitative estimate of drug-likeness (QED) is 0.607. The minimum atomic E-state index is 0.00293. The fourth-order valence-electron chi connectivity index (χ4n) is 3.74. The van der Waals surface area contributed by atoms with Crippen molar-refractivity contribution in [3.05, 3.63) is 46.7 Å². The van der Waals surface area contributed by atoms with Crippen LogP contribution in [0.25, 0.3) is 0 Å². The number of ether oxygens (including phenoxy) is 1. The molecule has 2 aromatic rings. The van der Waals surface area contributed by atoms with Crippen molar-refractivity contribution in [2.24, 2.45) is 0 Å². The second kappa shape index (κ2) is 11.5. The largest absolute Gasteiger partial charge is 0.485 e. The minimum absolute atomic E-state index is 0.00293. The molecule has 1 saturated heterocycles. The number of thiophene rings is 1. The summed E-state index contributed by atoms with van der Waals surface area (Å²) < 4.78 is 6.37. The normalized spacial score (nSPS) is 19.0. The molecule has 3 rings (SSSR count). The maximum atomic E-state index is 13.0. The molecule has 6 nitrogen and oxygen atoms in total. The highest BCUT2D eigenvalue weighted by atomic mass is 32.1. The Bertz CT molecular complexity index is 783. The number of hydrogen-bond donors (Lipinski definition) is 2. The molecule has 0 saturated carbocycles. The van der Waals surface area contributed by atoms with Crippen molar-refractivity contribution in [3.63, 3.8) is 0 Å². The highest BCUT2D eigenvalue weighted by Crippen LogP contribution is 2.30. The molecule has 2 N–H and O–H groups in total. The molecule has 164 valence electrons. The van der Waals surface area contributed by atoms with Gasteiger partial charge in [-0.25, -0.2) is 0 Å². The van der Waals surface area contributed by atoms with Crippen LogP contribution in [-0.4, -0.2) is 63.7 Å². The average Bonchev–Trinajstić information content (AvgIpc) is 3.24. The predicted molar refractivity (Wildman–Crippen MR) is 125 cm³/mol. The first kappa shape index (κ1) is 22.7. The van der Waals surface area contributed by atoms with Crippen molar-refractivity contribution in [1.29, 1.82) is 0 Å². The molecular weight excluding hydrogens is 396 g/mol. The van der Waals surface area contributed by atoms with E-state index in [9.17, 15) is 4.79 Å². The number of amides is 1. The summed E-state index contributed by atoms with van der Waals surface area (Å²) in [6.45, 7) is 6.27. The Morgan fingerprint density at radius 1 is 1.27 bits per heavy atom. The zero-order chi connectivity index (χ0) is 21.3. The van der Waals surface area contributed by atoms with Crippen LogP contribution in [0.15, 0.2) is 41.8 Å². The Kier molecular flexibility index (Phi) is 8.69. The number of likely N-dealkylation sites (N-methyl/N-ethyl adjacent to an activating group) is 2. The van der Waals surface area contributed by atoms with Gasteiger partial charge in [0.15, 0.2) is 0 Å². The Morgan fingerprint density at radius 3 is 2.87 bits per heavy atom. The van der Waals surface area contributed by atoms with Crippen molar-refractivity contribution in [1.82, 2.24) is 15.5 Å². The summed E-state index contributed by atoms with van der Waals surface area (Å²) in [6.07, 6.45) is 1.41. The second-order valence-corrected chi connectivity index (χ2v) is 8.68. The third kappa shape index (κ3) is 6.04. The van der Waals surface area contributed by atoms with Crippen LogP contribution in [0.5, 0.6) is 5.75 Å². The number of nitrogens with one attached hydrogen (secondary N) is 2. The molecule has 2 atom stereocenters. The van der Waals surface area contributed by atoms with Crippen LogP contribution >= 0.6 is 11.3 Å². The molecule has 0 aliphatic carbocycles. The van der Waals surface area contributed by atoms with Gasteiger partial charge >= 0.3 is 0 Å². The van der Waals surface area contributed by atoms with Crippen molar-refractivity contribution in [2.45, 2.75) is 31.9 Å². The van der Waals surface area contributed by atoms with Gasteiger partial charge in [-0.1, -0.05) is 19.1 Å². The van der Waals surface area contributed by atoms with Gasteiger partial charge in [0.25, 0.3) is 0 Å². The predicted octanol–water partition coefficient (Wildman–Crippen LogP) is 3.12. The van der Waals surface area contributed by atoms with Gasteiger partial charge in [0.05, 0.1) is 0 Å². The first-order chi connectivity index (χ1) is 14.6. The summed E-state index contributed by atoms with van der Waals surface area (Å²) in [5.41, 5.74) is 0.911. The molecule has 0 radical (unpaired) electrons. The van der Waals surface area contributed by atoms with E-state index >= 15 is 0 Å². The summed E-state index contributed by atoms with van der Waals surface area (Å²) in [7, 11) is 4.06. The molecular formula is C23H34N4O2S.